The molecule has 0 bridgehead atoms. The number of rotatable bonds is 6. The van der Waals surface area contributed by atoms with Crippen molar-refractivity contribution in [2.75, 3.05) is 6.61 Å². The van der Waals surface area contributed by atoms with Gasteiger partial charge in [-0.15, -0.1) is 0 Å². The maximum atomic E-state index is 12.0. The molecule has 0 unspecified atom stereocenters. The largest absolute Gasteiger partial charge is 0.485 e. The van der Waals surface area contributed by atoms with Crippen molar-refractivity contribution >= 4 is 5.78 Å². The lowest BCUT2D eigenvalue weighted by Gasteiger charge is -2.07. The van der Waals surface area contributed by atoms with Gasteiger partial charge in [0.15, 0.2) is 12.4 Å². The van der Waals surface area contributed by atoms with Crippen LogP contribution in [0.2, 0.25) is 0 Å². The number of alkyl halides is 2. The van der Waals surface area contributed by atoms with Crippen molar-refractivity contribution in [3.8, 4) is 17.6 Å². The Kier molecular flexibility index (Phi) is 5.04. The number of hydrogen-bond acceptors (Lipinski definition) is 4. The second kappa shape index (κ2) is 7.18. The molecule has 112 valence electrons. The molecule has 0 heterocycles. The summed E-state index contributed by atoms with van der Waals surface area (Å²) in [5.74, 6) is 0.0743. The number of ketones is 1. The Morgan fingerprint density at radius 3 is 2.50 bits per heavy atom. The van der Waals surface area contributed by atoms with Crippen LogP contribution in [0.4, 0.5) is 8.78 Å². The minimum Gasteiger partial charge on any atom is -0.485 e. The highest BCUT2D eigenvalue weighted by atomic mass is 19.3. The zero-order valence-corrected chi connectivity index (χ0v) is 11.3. The molecule has 0 atom stereocenters. The van der Waals surface area contributed by atoms with E-state index in [4.69, 9.17) is 10.00 Å². The first kappa shape index (κ1) is 15.4. The van der Waals surface area contributed by atoms with Crippen molar-refractivity contribution in [1.82, 2.24) is 0 Å². The van der Waals surface area contributed by atoms with Crippen molar-refractivity contribution in [3.05, 3.63) is 59.7 Å². The molecular weight excluding hydrogens is 292 g/mol. The van der Waals surface area contributed by atoms with Gasteiger partial charge in [0.2, 0.25) is 0 Å². The summed E-state index contributed by atoms with van der Waals surface area (Å²) in [4.78, 5) is 11.9. The van der Waals surface area contributed by atoms with E-state index in [9.17, 15) is 13.6 Å². The predicted molar refractivity (Wildman–Crippen MR) is 74.1 cm³/mol. The van der Waals surface area contributed by atoms with Crippen molar-refractivity contribution in [2.24, 2.45) is 0 Å². The molecule has 6 heteroatoms. The number of halogens is 2. The molecule has 0 spiro atoms. The van der Waals surface area contributed by atoms with Crippen LogP contribution < -0.4 is 9.47 Å². The number of benzene rings is 2. The van der Waals surface area contributed by atoms with Gasteiger partial charge >= 0.3 is 6.61 Å². The standard InChI is InChI=1S/C16H11F2NO3/c17-16(18)22-13-6-4-12(5-7-13)15(20)10-21-14-3-1-2-11(8-14)9-19/h1-8,16H,10H2. The van der Waals surface area contributed by atoms with Gasteiger partial charge in [-0.1, -0.05) is 6.07 Å². The lowest BCUT2D eigenvalue weighted by Crippen LogP contribution is -2.11. The van der Waals surface area contributed by atoms with Crippen molar-refractivity contribution in [1.29, 1.82) is 5.26 Å². The number of carbonyl (C=O) groups is 1. The molecule has 0 saturated carbocycles. The summed E-state index contributed by atoms with van der Waals surface area (Å²) in [6.45, 7) is -3.12. The van der Waals surface area contributed by atoms with E-state index < -0.39 is 6.61 Å². The van der Waals surface area contributed by atoms with Gasteiger partial charge in [-0.05, 0) is 42.5 Å². The van der Waals surface area contributed by atoms with Crippen molar-refractivity contribution < 1.29 is 23.0 Å². The van der Waals surface area contributed by atoms with Crippen molar-refractivity contribution in [3.63, 3.8) is 0 Å². The number of nitrogens with zero attached hydrogens (tertiary/aromatic N) is 1. The minimum atomic E-state index is -2.91. The Morgan fingerprint density at radius 1 is 1.14 bits per heavy atom. The van der Waals surface area contributed by atoms with Crippen molar-refractivity contribution in [2.45, 2.75) is 6.61 Å². The average Bonchev–Trinajstić information content (AvgIpc) is 2.53. The first-order valence-electron chi connectivity index (χ1n) is 6.29. The third-order valence-electron chi connectivity index (χ3n) is 2.73. The molecule has 0 aliphatic rings. The van der Waals surface area contributed by atoms with E-state index in [1.54, 1.807) is 18.2 Å². The second-order valence-electron chi connectivity index (χ2n) is 4.25. The molecule has 0 radical (unpaired) electrons. The molecule has 2 rings (SSSR count). The highest BCUT2D eigenvalue weighted by Crippen LogP contribution is 2.16. The monoisotopic (exact) mass is 303 g/mol. The van der Waals surface area contributed by atoms with Gasteiger partial charge in [-0.3, -0.25) is 4.79 Å². The molecule has 0 aromatic heterocycles. The van der Waals surface area contributed by atoms with Gasteiger partial charge in [0, 0.05) is 5.56 Å². The fourth-order valence-corrected chi connectivity index (χ4v) is 1.71. The van der Waals surface area contributed by atoms with Crippen LogP contribution in [-0.2, 0) is 0 Å². The lowest BCUT2D eigenvalue weighted by atomic mass is 10.1. The van der Waals surface area contributed by atoms with Gasteiger partial charge in [-0.25, -0.2) is 0 Å². The number of ether oxygens (including phenoxy) is 2. The van der Waals surface area contributed by atoms with Crippen LogP contribution in [0.1, 0.15) is 15.9 Å². The summed E-state index contributed by atoms with van der Waals surface area (Å²) >= 11 is 0. The Morgan fingerprint density at radius 2 is 1.86 bits per heavy atom. The molecule has 4 nitrogen and oxygen atoms in total. The molecular formula is C16H11F2NO3. The van der Waals surface area contributed by atoms with E-state index >= 15 is 0 Å². The third kappa shape index (κ3) is 4.28. The van der Waals surface area contributed by atoms with Crippen LogP contribution >= 0.6 is 0 Å². The van der Waals surface area contributed by atoms with Gasteiger partial charge in [0.1, 0.15) is 11.5 Å². The number of carbonyl (C=O) groups excluding carboxylic acids is 1. The maximum absolute atomic E-state index is 12.0. The average molecular weight is 303 g/mol. The fourth-order valence-electron chi connectivity index (χ4n) is 1.71. The maximum Gasteiger partial charge on any atom is 0.387 e. The highest BCUT2D eigenvalue weighted by Gasteiger charge is 2.09. The van der Waals surface area contributed by atoms with E-state index in [1.807, 2.05) is 6.07 Å². The Labute approximate surface area is 125 Å². The van der Waals surface area contributed by atoms with Gasteiger partial charge in [0.25, 0.3) is 0 Å². The topological polar surface area (TPSA) is 59.3 Å². The van der Waals surface area contributed by atoms with Crippen LogP contribution in [0.5, 0.6) is 11.5 Å². The number of hydrogen-bond donors (Lipinski definition) is 0. The van der Waals surface area contributed by atoms with E-state index in [1.165, 1.54) is 30.3 Å². The number of nitriles is 1. The number of Topliss-reactive ketones (excluding diaryl/α,β-unsaturated/α-hetero) is 1. The second-order valence-corrected chi connectivity index (χ2v) is 4.25. The smallest absolute Gasteiger partial charge is 0.387 e. The third-order valence-corrected chi connectivity index (χ3v) is 2.73. The molecule has 22 heavy (non-hydrogen) atoms. The molecule has 0 aliphatic heterocycles. The lowest BCUT2D eigenvalue weighted by molar-refractivity contribution is -0.0498. The van der Waals surface area contributed by atoms with E-state index in [0.29, 0.717) is 16.9 Å². The summed E-state index contributed by atoms with van der Waals surface area (Å²) in [5.41, 5.74) is 0.747. The normalized spacial score (nSPS) is 10.1. The summed E-state index contributed by atoms with van der Waals surface area (Å²) in [6.07, 6.45) is 0. The van der Waals surface area contributed by atoms with E-state index in [2.05, 4.69) is 4.74 Å². The molecule has 0 saturated heterocycles. The summed E-state index contributed by atoms with van der Waals surface area (Å²) in [5, 5.41) is 8.77. The SMILES string of the molecule is N#Cc1cccc(OCC(=O)c2ccc(OC(F)F)cc2)c1. The first-order chi connectivity index (χ1) is 10.6. The van der Waals surface area contributed by atoms with Gasteiger partial charge < -0.3 is 9.47 Å². The predicted octanol–water partition coefficient (Wildman–Crippen LogP) is 3.42. The fraction of sp³-hybridized carbons (Fsp3) is 0.125. The van der Waals surface area contributed by atoms with Crippen LogP contribution in [0.15, 0.2) is 48.5 Å². The minimum absolute atomic E-state index is 0.0193. The Hall–Kier alpha value is -2.94. The zero-order valence-electron chi connectivity index (χ0n) is 11.3. The molecule has 0 amide bonds. The molecule has 2 aromatic carbocycles. The summed E-state index contributed by atoms with van der Waals surface area (Å²) in [7, 11) is 0. The van der Waals surface area contributed by atoms with Crippen LogP contribution in [0, 0.1) is 11.3 Å². The molecule has 0 N–H and O–H groups in total. The van der Waals surface area contributed by atoms with E-state index in [-0.39, 0.29) is 18.1 Å². The zero-order chi connectivity index (χ0) is 15.9. The summed E-state index contributed by atoms with van der Waals surface area (Å²) in [6, 6.07) is 13.7. The molecule has 0 fully saturated rings. The highest BCUT2D eigenvalue weighted by molar-refractivity contribution is 5.97. The molecule has 2 aromatic rings. The first-order valence-corrected chi connectivity index (χ1v) is 6.29. The Balaban J connectivity index is 1.96. The van der Waals surface area contributed by atoms with Gasteiger partial charge in [0.05, 0.1) is 11.6 Å². The Bertz CT molecular complexity index is 693. The van der Waals surface area contributed by atoms with Gasteiger partial charge in [-0.2, -0.15) is 14.0 Å². The van der Waals surface area contributed by atoms with Crippen LogP contribution in [0.25, 0.3) is 0 Å². The summed E-state index contributed by atoms with van der Waals surface area (Å²) < 4.78 is 33.5. The van der Waals surface area contributed by atoms with Crippen LogP contribution in [-0.4, -0.2) is 19.0 Å². The quantitative estimate of drug-likeness (QED) is 0.767. The van der Waals surface area contributed by atoms with Crippen LogP contribution in [0.3, 0.4) is 0 Å². The van der Waals surface area contributed by atoms with E-state index in [0.717, 1.165) is 0 Å². The molecule has 0 aliphatic carbocycles.